The predicted octanol–water partition coefficient (Wildman–Crippen LogP) is 5.46. The second-order valence-electron chi connectivity index (χ2n) is 4.29. The third kappa shape index (κ3) is 2.05. The van der Waals surface area contributed by atoms with Crippen LogP contribution in [0.2, 0.25) is 0 Å². The zero-order valence-electron chi connectivity index (χ0n) is 11.0. The van der Waals surface area contributed by atoms with Crippen LogP contribution in [0.3, 0.4) is 0 Å². The Bertz CT molecular complexity index is 852. The second kappa shape index (κ2) is 5.38. The molecule has 20 heavy (non-hydrogen) atoms. The maximum atomic E-state index is 4.73. The molecule has 2 aromatic heterocycles. The molecule has 3 aromatic rings. The molecular weight excluding hydrogens is 332 g/mol. The number of rotatable bonds is 3. The molecule has 0 aliphatic rings. The molecule has 0 radical (unpaired) electrons. The number of allylic oxidation sites excluding steroid dienone is 5. The average Bonchev–Trinajstić information content (AvgIpc) is 2.97. The van der Waals surface area contributed by atoms with Crippen LogP contribution in [0.5, 0.6) is 0 Å². The van der Waals surface area contributed by atoms with Crippen molar-refractivity contribution in [2.75, 3.05) is 0 Å². The predicted molar refractivity (Wildman–Crippen MR) is 91.3 cm³/mol. The monoisotopic (exact) mass is 344 g/mol. The molecule has 100 valence electrons. The first-order valence-corrected chi connectivity index (χ1v) is 7.88. The maximum Gasteiger partial charge on any atom is 0.196 e. The van der Waals surface area contributed by atoms with Crippen LogP contribution in [0.1, 0.15) is 12.6 Å². The fourth-order valence-corrected chi connectivity index (χ4v) is 3.93. The van der Waals surface area contributed by atoms with Gasteiger partial charge in [0.2, 0.25) is 0 Å². The molecule has 0 spiro atoms. The van der Waals surface area contributed by atoms with Crippen LogP contribution in [-0.4, -0.2) is 9.38 Å². The van der Waals surface area contributed by atoms with Gasteiger partial charge in [-0.3, -0.25) is 4.40 Å². The van der Waals surface area contributed by atoms with Crippen molar-refractivity contribution in [3.8, 4) is 0 Å². The Morgan fingerprint density at radius 2 is 2.20 bits per heavy atom. The van der Waals surface area contributed by atoms with E-state index in [-0.39, 0.29) is 0 Å². The third-order valence-corrected chi connectivity index (χ3v) is 4.81. The first kappa shape index (κ1) is 13.3. The van der Waals surface area contributed by atoms with E-state index in [1.165, 1.54) is 10.2 Å². The maximum absolute atomic E-state index is 4.73. The molecule has 0 aliphatic carbocycles. The van der Waals surface area contributed by atoms with Gasteiger partial charge in [-0.05, 0) is 35.0 Å². The lowest BCUT2D eigenvalue weighted by Crippen LogP contribution is -1.84. The number of aromatic nitrogens is 2. The Morgan fingerprint density at radius 1 is 1.40 bits per heavy atom. The van der Waals surface area contributed by atoms with E-state index < -0.39 is 0 Å². The van der Waals surface area contributed by atoms with Gasteiger partial charge in [0.1, 0.15) is 10.3 Å². The van der Waals surface area contributed by atoms with Gasteiger partial charge in [0.25, 0.3) is 0 Å². The SMILES string of the molecule is C=C/C(=C\C=C/C)c1nc2sc3ccccc3n2c1Br. The van der Waals surface area contributed by atoms with Gasteiger partial charge < -0.3 is 0 Å². The number of thiazole rings is 1. The van der Waals surface area contributed by atoms with E-state index in [0.717, 1.165) is 20.8 Å². The van der Waals surface area contributed by atoms with Crippen molar-refractivity contribution in [1.82, 2.24) is 9.38 Å². The van der Waals surface area contributed by atoms with E-state index in [1.54, 1.807) is 11.3 Å². The molecule has 1 aromatic carbocycles. The molecule has 0 unspecified atom stereocenters. The number of fused-ring (bicyclic) bond motifs is 3. The van der Waals surface area contributed by atoms with Crippen LogP contribution in [0.15, 0.2) is 59.8 Å². The smallest absolute Gasteiger partial charge is 0.196 e. The summed E-state index contributed by atoms with van der Waals surface area (Å²) in [5.74, 6) is 0. The van der Waals surface area contributed by atoms with Crippen LogP contribution in [0.4, 0.5) is 0 Å². The van der Waals surface area contributed by atoms with Gasteiger partial charge in [-0.1, -0.05) is 54.4 Å². The number of para-hydroxylation sites is 1. The van der Waals surface area contributed by atoms with Gasteiger partial charge >= 0.3 is 0 Å². The molecule has 2 nitrogen and oxygen atoms in total. The van der Waals surface area contributed by atoms with Gasteiger partial charge in [-0.2, -0.15) is 0 Å². The van der Waals surface area contributed by atoms with Crippen molar-refractivity contribution in [3.63, 3.8) is 0 Å². The highest BCUT2D eigenvalue weighted by molar-refractivity contribution is 9.10. The molecule has 4 heteroatoms. The van der Waals surface area contributed by atoms with Crippen molar-refractivity contribution in [3.05, 3.63) is 65.4 Å². The molecule has 0 N–H and O–H groups in total. The normalized spacial score (nSPS) is 12.8. The van der Waals surface area contributed by atoms with Gasteiger partial charge in [-0.25, -0.2) is 4.98 Å². The molecule has 0 aliphatic heterocycles. The standard InChI is InChI=1S/C16H13BrN2S/c1-3-5-8-11(4-2)14-15(17)19-12-9-6-7-10-13(12)20-16(19)18-14/h3-10H,2H2,1H3/b5-3-,11-8+. The molecule has 0 amide bonds. The van der Waals surface area contributed by atoms with Gasteiger partial charge in [0, 0.05) is 5.57 Å². The highest BCUT2D eigenvalue weighted by Crippen LogP contribution is 2.34. The number of benzene rings is 1. The molecule has 0 saturated heterocycles. The van der Waals surface area contributed by atoms with Crippen molar-refractivity contribution in [2.24, 2.45) is 0 Å². The number of imidazole rings is 1. The van der Waals surface area contributed by atoms with Crippen molar-refractivity contribution in [2.45, 2.75) is 6.92 Å². The summed E-state index contributed by atoms with van der Waals surface area (Å²) in [5.41, 5.74) is 3.11. The zero-order valence-corrected chi connectivity index (χ0v) is 13.4. The summed E-state index contributed by atoms with van der Waals surface area (Å²) in [5, 5.41) is 0. The Balaban J connectivity index is 2.28. The zero-order chi connectivity index (χ0) is 14.1. The third-order valence-electron chi connectivity index (χ3n) is 3.06. The van der Waals surface area contributed by atoms with E-state index in [1.807, 2.05) is 43.4 Å². The number of halogens is 1. The average molecular weight is 345 g/mol. The van der Waals surface area contributed by atoms with Crippen LogP contribution >= 0.6 is 27.3 Å². The molecule has 0 bridgehead atoms. The first-order valence-electron chi connectivity index (χ1n) is 6.27. The summed E-state index contributed by atoms with van der Waals surface area (Å²) in [6, 6.07) is 8.32. The van der Waals surface area contributed by atoms with Crippen LogP contribution in [0, 0.1) is 0 Å². The lowest BCUT2D eigenvalue weighted by Gasteiger charge is -1.98. The lowest BCUT2D eigenvalue weighted by molar-refractivity contribution is 1.25. The quantitative estimate of drug-likeness (QED) is 0.577. The Kier molecular flexibility index (Phi) is 3.59. The fraction of sp³-hybridized carbons (Fsp3) is 0.0625. The summed E-state index contributed by atoms with van der Waals surface area (Å²) in [6.45, 7) is 5.87. The van der Waals surface area contributed by atoms with E-state index >= 15 is 0 Å². The van der Waals surface area contributed by atoms with Gasteiger partial charge in [0.05, 0.1) is 10.2 Å². The Labute approximate surface area is 129 Å². The highest BCUT2D eigenvalue weighted by atomic mass is 79.9. The number of nitrogens with zero attached hydrogens (tertiary/aromatic N) is 2. The first-order chi connectivity index (χ1) is 9.76. The van der Waals surface area contributed by atoms with Crippen LogP contribution in [-0.2, 0) is 0 Å². The Hall–Kier alpha value is -1.65. The van der Waals surface area contributed by atoms with Crippen molar-refractivity contribution in [1.29, 1.82) is 0 Å². The number of hydrogen-bond donors (Lipinski definition) is 0. The van der Waals surface area contributed by atoms with Crippen LogP contribution in [0.25, 0.3) is 20.8 Å². The van der Waals surface area contributed by atoms with Gasteiger partial charge in [-0.15, -0.1) is 0 Å². The summed E-state index contributed by atoms with van der Waals surface area (Å²) >= 11 is 5.37. The minimum absolute atomic E-state index is 0.926. The van der Waals surface area contributed by atoms with Crippen LogP contribution < -0.4 is 0 Å². The molecular formula is C16H13BrN2S. The van der Waals surface area contributed by atoms with E-state index in [2.05, 4.69) is 39.0 Å². The molecule has 0 fully saturated rings. The molecule has 0 atom stereocenters. The Morgan fingerprint density at radius 3 is 2.95 bits per heavy atom. The van der Waals surface area contributed by atoms with E-state index in [9.17, 15) is 0 Å². The fourth-order valence-electron chi connectivity index (χ4n) is 2.11. The second-order valence-corrected chi connectivity index (χ2v) is 6.05. The molecule has 0 saturated carbocycles. The van der Waals surface area contributed by atoms with Crippen molar-refractivity contribution < 1.29 is 0 Å². The highest BCUT2D eigenvalue weighted by Gasteiger charge is 2.15. The summed E-state index contributed by atoms with van der Waals surface area (Å²) in [6.07, 6.45) is 7.84. The van der Waals surface area contributed by atoms with Gasteiger partial charge in [0.15, 0.2) is 4.96 Å². The molecule has 2 heterocycles. The minimum Gasteiger partial charge on any atom is -0.277 e. The summed E-state index contributed by atoms with van der Waals surface area (Å²) < 4.78 is 4.35. The summed E-state index contributed by atoms with van der Waals surface area (Å²) in [7, 11) is 0. The molecule has 3 rings (SSSR count). The number of hydrogen-bond acceptors (Lipinski definition) is 2. The van der Waals surface area contributed by atoms with E-state index in [4.69, 9.17) is 4.98 Å². The van der Waals surface area contributed by atoms with Crippen molar-refractivity contribution >= 4 is 48.0 Å². The lowest BCUT2D eigenvalue weighted by atomic mass is 10.2. The largest absolute Gasteiger partial charge is 0.277 e. The minimum atomic E-state index is 0.926. The summed E-state index contributed by atoms with van der Waals surface area (Å²) in [4.78, 5) is 5.72. The van der Waals surface area contributed by atoms with E-state index in [0.29, 0.717) is 0 Å². The topological polar surface area (TPSA) is 17.3 Å².